The zero-order valence-electron chi connectivity index (χ0n) is 12.4. The first-order valence-electron chi connectivity index (χ1n) is 6.91. The third-order valence-corrected chi connectivity index (χ3v) is 4.46. The van der Waals surface area contributed by atoms with E-state index in [9.17, 15) is 14.8 Å². The van der Waals surface area contributed by atoms with Gasteiger partial charge in [0.1, 0.15) is 35.3 Å². The Morgan fingerprint density at radius 3 is 2.83 bits per heavy atom. The van der Waals surface area contributed by atoms with Crippen LogP contribution < -0.4 is 5.32 Å². The molecule has 13 heteroatoms. The largest absolute Gasteiger partial charge is 0.469 e. The van der Waals surface area contributed by atoms with Crippen LogP contribution in [-0.2, 0) is 13.8 Å². The summed E-state index contributed by atoms with van der Waals surface area (Å²) < 4.78 is 22.0. The molecule has 11 nitrogen and oxygen atoms in total. The van der Waals surface area contributed by atoms with Gasteiger partial charge in [-0.1, -0.05) is 11.6 Å². The molecule has 3 heterocycles. The number of hydrogen-bond donors (Lipinski definition) is 5. The van der Waals surface area contributed by atoms with Gasteiger partial charge >= 0.3 is 7.82 Å². The van der Waals surface area contributed by atoms with Gasteiger partial charge in [0.2, 0.25) is 0 Å². The number of phosphoric ester groups is 1. The zero-order valence-corrected chi connectivity index (χ0v) is 14.0. The molecule has 1 unspecified atom stereocenters. The fourth-order valence-corrected chi connectivity index (χ4v) is 3.21. The van der Waals surface area contributed by atoms with Crippen LogP contribution in [0, 0.1) is 0 Å². The lowest BCUT2D eigenvalue weighted by molar-refractivity contribution is -0.0513. The normalized spacial score (nSPS) is 33.1. The van der Waals surface area contributed by atoms with Gasteiger partial charge in [0.15, 0.2) is 12.0 Å². The van der Waals surface area contributed by atoms with E-state index >= 15 is 0 Å². The van der Waals surface area contributed by atoms with Gasteiger partial charge in [-0.3, -0.25) is 9.09 Å². The fraction of sp³-hybridized carbons (Fsp3) is 0.636. The van der Waals surface area contributed by atoms with Gasteiger partial charge in [0, 0.05) is 0 Å². The predicted molar refractivity (Wildman–Crippen MR) is 80.6 cm³/mol. The number of aromatic nitrogens is 2. The number of aliphatic hydroxyl groups is 2. The summed E-state index contributed by atoms with van der Waals surface area (Å²) in [6.45, 7) is 1.12. The van der Waals surface area contributed by atoms with Crippen molar-refractivity contribution >= 4 is 31.1 Å². The maximum atomic E-state index is 10.8. The van der Waals surface area contributed by atoms with E-state index in [1.54, 1.807) is 6.92 Å². The van der Waals surface area contributed by atoms with Crippen molar-refractivity contribution in [1.29, 1.82) is 0 Å². The number of imidazole rings is 1. The highest BCUT2D eigenvalue weighted by molar-refractivity contribution is 7.46. The van der Waals surface area contributed by atoms with E-state index in [4.69, 9.17) is 26.1 Å². The topological polar surface area (TPSA) is 159 Å². The lowest BCUT2D eigenvalue weighted by atomic mass is 10.1. The second-order valence-electron chi connectivity index (χ2n) is 5.40. The molecule has 24 heavy (non-hydrogen) atoms. The molecule has 1 fully saturated rings. The van der Waals surface area contributed by atoms with Crippen LogP contribution >= 0.6 is 19.4 Å². The Bertz CT molecular complexity index is 707. The van der Waals surface area contributed by atoms with Crippen LogP contribution in [-0.4, -0.2) is 60.3 Å². The van der Waals surface area contributed by atoms with E-state index in [0.29, 0.717) is 17.3 Å². The molecule has 0 amide bonds. The highest BCUT2D eigenvalue weighted by Crippen LogP contribution is 2.40. The average Bonchev–Trinajstić information content (AvgIpc) is 3.00. The van der Waals surface area contributed by atoms with Crippen LogP contribution in [0.2, 0.25) is 0 Å². The summed E-state index contributed by atoms with van der Waals surface area (Å²) in [6.07, 6.45) is -3.60. The molecule has 3 rings (SSSR count). The van der Waals surface area contributed by atoms with E-state index in [1.807, 2.05) is 0 Å². The van der Waals surface area contributed by atoms with Crippen LogP contribution in [0.5, 0.6) is 0 Å². The summed E-state index contributed by atoms with van der Waals surface area (Å²) in [4.78, 5) is 25.8. The lowest BCUT2D eigenvalue weighted by Gasteiger charge is -2.21. The van der Waals surface area contributed by atoms with Gasteiger partial charge in [-0.2, -0.15) is 0 Å². The van der Waals surface area contributed by atoms with Crippen molar-refractivity contribution in [3.05, 3.63) is 12.0 Å². The van der Waals surface area contributed by atoms with Crippen molar-refractivity contribution in [1.82, 2.24) is 14.9 Å². The molecule has 1 aromatic heterocycles. The van der Waals surface area contributed by atoms with Gasteiger partial charge in [-0.05, 0) is 6.92 Å². The molecular formula is C11H16ClN4O7P. The molecule has 5 atom stereocenters. The molecule has 2 aliphatic heterocycles. The van der Waals surface area contributed by atoms with Crippen molar-refractivity contribution in [2.75, 3.05) is 6.61 Å². The number of nitrogens with zero attached hydrogens (tertiary/aromatic N) is 3. The van der Waals surface area contributed by atoms with Gasteiger partial charge in [0.05, 0.1) is 12.9 Å². The van der Waals surface area contributed by atoms with Crippen LogP contribution in [0.25, 0.3) is 0 Å². The van der Waals surface area contributed by atoms with E-state index in [0.717, 1.165) is 0 Å². The number of amidine groups is 1. The third kappa shape index (κ3) is 3.35. The predicted octanol–water partition coefficient (Wildman–Crippen LogP) is -0.498. The highest BCUT2D eigenvalue weighted by Gasteiger charge is 2.45. The molecule has 0 spiro atoms. The molecule has 1 aromatic rings. The molecule has 5 N–H and O–H groups in total. The molecule has 0 radical (unpaired) electrons. The monoisotopic (exact) mass is 382 g/mol. The number of alkyl halides is 1. The summed E-state index contributed by atoms with van der Waals surface area (Å²) >= 11 is 6.13. The molecule has 0 bridgehead atoms. The first-order valence-corrected chi connectivity index (χ1v) is 8.88. The molecule has 0 saturated carbocycles. The van der Waals surface area contributed by atoms with Crippen LogP contribution in [0.15, 0.2) is 11.3 Å². The van der Waals surface area contributed by atoms with Gasteiger partial charge in [0.25, 0.3) is 0 Å². The molecule has 1 saturated heterocycles. The second kappa shape index (κ2) is 6.36. The van der Waals surface area contributed by atoms with Crippen molar-refractivity contribution < 1.29 is 33.8 Å². The summed E-state index contributed by atoms with van der Waals surface area (Å²) in [6, 6.07) is 0. The van der Waals surface area contributed by atoms with E-state index in [1.165, 1.54) is 10.9 Å². The third-order valence-electron chi connectivity index (χ3n) is 3.66. The Balaban J connectivity index is 1.83. The lowest BCUT2D eigenvalue weighted by Crippen LogP contribution is -2.33. The summed E-state index contributed by atoms with van der Waals surface area (Å²) in [5.74, 6) is 0.901. The minimum absolute atomic E-state index is 0.360. The van der Waals surface area contributed by atoms with Crippen molar-refractivity contribution in [3.63, 3.8) is 0 Å². The van der Waals surface area contributed by atoms with E-state index in [2.05, 4.69) is 19.8 Å². The fourth-order valence-electron chi connectivity index (χ4n) is 2.56. The Hall–Kier alpha value is -1.04. The quantitative estimate of drug-likeness (QED) is 0.263. The Labute approximate surface area is 141 Å². The Morgan fingerprint density at radius 2 is 2.17 bits per heavy atom. The summed E-state index contributed by atoms with van der Waals surface area (Å²) in [7, 11) is -4.72. The maximum Gasteiger partial charge on any atom is 0.469 e. The molecule has 134 valence electrons. The van der Waals surface area contributed by atoms with Gasteiger partial charge in [-0.15, -0.1) is 0 Å². The number of phosphoric acid groups is 1. The van der Waals surface area contributed by atoms with E-state index in [-0.39, 0.29) is 0 Å². The Kier molecular flexibility index (Phi) is 4.71. The van der Waals surface area contributed by atoms with E-state index < -0.39 is 44.5 Å². The molecule has 0 aliphatic carbocycles. The minimum Gasteiger partial charge on any atom is -0.387 e. The average molecular weight is 383 g/mol. The highest BCUT2D eigenvalue weighted by atomic mass is 35.5. The number of aliphatic hydroxyl groups excluding tert-OH is 2. The summed E-state index contributed by atoms with van der Waals surface area (Å²) in [5, 5.41) is 23.1. The number of halogens is 1. The SMILES string of the molecule is CC1=Nc2c(ncn2[C@@H]2O[C@H](COP(=O)(O)O)[C@@H](O)[C@H]2O)C(Cl)N1. The summed E-state index contributed by atoms with van der Waals surface area (Å²) in [5.41, 5.74) is -0.168. The van der Waals surface area contributed by atoms with Crippen LogP contribution in [0.3, 0.4) is 0 Å². The molecular weight excluding hydrogens is 367 g/mol. The number of aliphatic imine (C=N–C) groups is 1. The minimum atomic E-state index is -4.72. The van der Waals surface area contributed by atoms with Gasteiger partial charge < -0.3 is 30.1 Å². The van der Waals surface area contributed by atoms with Gasteiger partial charge in [-0.25, -0.2) is 14.5 Å². The molecule has 2 aliphatic rings. The standard InChI is InChI=1S/C11H16ClN4O7P/c1-4-14-9(12)6-10(15-4)16(3-13-6)11-8(18)7(17)5(23-11)2-22-24(19,20)21/h3,5,7-9,11,17-18H,2H2,1H3,(H,14,15)(H2,19,20,21)/t5-,7-,8-,9?,11-/m1/s1. The van der Waals surface area contributed by atoms with Crippen molar-refractivity contribution in [2.24, 2.45) is 4.99 Å². The molecule has 0 aromatic carbocycles. The smallest absolute Gasteiger partial charge is 0.387 e. The number of rotatable bonds is 4. The second-order valence-corrected chi connectivity index (χ2v) is 7.07. The van der Waals surface area contributed by atoms with Crippen molar-refractivity contribution in [3.8, 4) is 0 Å². The Morgan fingerprint density at radius 1 is 1.46 bits per heavy atom. The van der Waals surface area contributed by atoms with Crippen molar-refractivity contribution in [2.45, 2.75) is 37.0 Å². The van der Waals surface area contributed by atoms with Crippen LogP contribution in [0.1, 0.15) is 24.3 Å². The number of hydrogen-bond acceptors (Lipinski definition) is 8. The number of ether oxygens (including phenoxy) is 1. The van der Waals surface area contributed by atoms with Crippen LogP contribution in [0.4, 0.5) is 5.82 Å². The number of fused-ring (bicyclic) bond motifs is 1. The number of nitrogens with one attached hydrogen (secondary N) is 1. The maximum absolute atomic E-state index is 10.8. The first kappa shape index (κ1) is 17.8. The first-order chi connectivity index (χ1) is 11.2. The zero-order chi connectivity index (χ0) is 17.6.